The Balaban J connectivity index is 1.70. The van der Waals surface area contributed by atoms with Crippen molar-refractivity contribution in [1.29, 1.82) is 0 Å². The SMILES string of the molecule is COc1cccc2c1OC(C)C(/C=C1\SC(=S)N(CCCCCC(=O)O)C1=O)=C2. The molecule has 0 aliphatic carbocycles. The Morgan fingerprint density at radius 1 is 1.38 bits per heavy atom. The number of nitrogens with zero attached hydrogens (tertiary/aromatic N) is 1. The van der Waals surface area contributed by atoms with E-state index in [1.807, 2.05) is 37.3 Å². The summed E-state index contributed by atoms with van der Waals surface area (Å²) in [6.07, 6.45) is 5.85. The van der Waals surface area contributed by atoms with Crippen molar-refractivity contribution in [2.24, 2.45) is 0 Å². The van der Waals surface area contributed by atoms with Gasteiger partial charge in [-0.25, -0.2) is 0 Å². The van der Waals surface area contributed by atoms with E-state index in [9.17, 15) is 9.59 Å². The minimum absolute atomic E-state index is 0.109. The Kier molecular flexibility index (Phi) is 6.97. The predicted molar refractivity (Wildman–Crippen MR) is 117 cm³/mol. The second-order valence-corrected chi connectivity index (χ2v) is 8.50. The van der Waals surface area contributed by atoms with Gasteiger partial charge in [0.2, 0.25) is 0 Å². The number of unbranched alkanes of at least 4 members (excludes halogenated alkanes) is 2. The Morgan fingerprint density at radius 3 is 2.90 bits per heavy atom. The van der Waals surface area contributed by atoms with Crippen molar-refractivity contribution in [3.63, 3.8) is 0 Å². The van der Waals surface area contributed by atoms with Crippen LogP contribution in [0.25, 0.3) is 6.08 Å². The van der Waals surface area contributed by atoms with E-state index >= 15 is 0 Å². The van der Waals surface area contributed by atoms with E-state index < -0.39 is 5.97 Å². The van der Waals surface area contributed by atoms with Crippen molar-refractivity contribution < 1.29 is 24.2 Å². The number of ether oxygens (including phenoxy) is 2. The van der Waals surface area contributed by atoms with Crippen LogP contribution in [0.5, 0.6) is 11.5 Å². The second-order valence-electron chi connectivity index (χ2n) is 6.82. The summed E-state index contributed by atoms with van der Waals surface area (Å²) in [5, 5.41) is 8.69. The molecule has 1 fully saturated rings. The van der Waals surface area contributed by atoms with Crippen LogP contribution in [-0.4, -0.2) is 46.0 Å². The average Bonchev–Trinajstić information content (AvgIpc) is 2.94. The minimum atomic E-state index is -0.796. The molecular weight excluding hydrogens is 410 g/mol. The van der Waals surface area contributed by atoms with Gasteiger partial charge in [-0.05, 0) is 43.6 Å². The van der Waals surface area contributed by atoms with Crippen LogP contribution in [0.4, 0.5) is 0 Å². The first-order valence-corrected chi connectivity index (χ1v) is 10.7. The quantitative estimate of drug-likeness (QED) is 0.373. The number of carbonyl (C=O) groups excluding carboxylic acids is 1. The van der Waals surface area contributed by atoms with Gasteiger partial charge in [0.1, 0.15) is 10.4 Å². The number of carbonyl (C=O) groups is 2. The fraction of sp³-hybridized carbons (Fsp3) is 0.381. The van der Waals surface area contributed by atoms with Crippen molar-refractivity contribution in [2.45, 2.75) is 38.7 Å². The molecule has 1 aromatic rings. The number of amides is 1. The number of para-hydroxylation sites is 1. The standard InChI is InChI=1S/C21H23NO5S2/c1-13-15(11-14-7-6-8-16(26-2)19(14)27-13)12-17-20(25)22(21(28)29-17)10-5-3-4-9-18(23)24/h6-8,11-13H,3-5,9-10H2,1-2H3,(H,23,24)/b17-12-. The smallest absolute Gasteiger partial charge is 0.303 e. The van der Waals surface area contributed by atoms with E-state index in [0.29, 0.717) is 33.7 Å². The van der Waals surface area contributed by atoms with Crippen LogP contribution in [0.3, 0.4) is 0 Å². The Labute approximate surface area is 179 Å². The third-order valence-electron chi connectivity index (χ3n) is 4.76. The number of benzene rings is 1. The number of thiocarbonyl (C=S) groups is 1. The molecule has 0 radical (unpaired) electrons. The summed E-state index contributed by atoms with van der Waals surface area (Å²) in [6, 6.07) is 5.70. The summed E-state index contributed by atoms with van der Waals surface area (Å²) in [6.45, 7) is 2.44. The minimum Gasteiger partial charge on any atom is -0.493 e. The van der Waals surface area contributed by atoms with Crippen molar-refractivity contribution in [3.8, 4) is 11.5 Å². The zero-order chi connectivity index (χ0) is 21.0. The summed E-state index contributed by atoms with van der Waals surface area (Å²) < 4.78 is 11.9. The third kappa shape index (κ3) is 5.00. The normalized spacial score (nSPS) is 19.8. The number of hydrogen-bond acceptors (Lipinski definition) is 6. The van der Waals surface area contributed by atoms with E-state index in [4.69, 9.17) is 26.8 Å². The number of rotatable bonds is 8. The van der Waals surface area contributed by atoms with Gasteiger partial charge in [0.05, 0.1) is 12.0 Å². The van der Waals surface area contributed by atoms with Gasteiger partial charge in [-0.1, -0.05) is 42.5 Å². The molecule has 1 N–H and O–H groups in total. The molecule has 2 aliphatic heterocycles. The highest BCUT2D eigenvalue weighted by Gasteiger charge is 2.32. The summed E-state index contributed by atoms with van der Waals surface area (Å²) in [5.74, 6) is 0.477. The van der Waals surface area contributed by atoms with Gasteiger partial charge in [0.15, 0.2) is 11.5 Å². The molecule has 0 bridgehead atoms. The molecule has 2 heterocycles. The Bertz CT molecular complexity index is 893. The molecule has 0 spiro atoms. The van der Waals surface area contributed by atoms with Gasteiger partial charge in [0.25, 0.3) is 5.91 Å². The molecule has 1 atom stereocenters. The lowest BCUT2D eigenvalue weighted by Gasteiger charge is -2.24. The Morgan fingerprint density at radius 2 is 2.17 bits per heavy atom. The van der Waals surface area contributed by atoms with Crippen LogP contribution in [0.1, 0.15) is 38.2 Å². The summed E-state index contributed by atoms with van der Waals surface area (Å²) >= 11 is 6.66. The zero-order valence-corrected chi connectivity index (χ0v) is 18.0. The summed E-state index contributed by atoms with van der Waals surface area (Å²) in [5.41, 5.74) is 1.80. The van der Waals surface area contributed by atoms with Gasteiger partial charge >= 0.3 is 5.97 Å². The number of fused-ring (bicyclic) bond motifs is 1. The van der Waals surface area contributed by atoms with Crippen molar-refractivity contribution in [3.05, 3.63) is 40.3 Å². The molecule has 1 amide bonds. The lowest BCUT2D eigenvalue weighted by molar-refractivity contribution is -0.137. The second kappa shape index (κ2) is 9.45. The topological polar surface area (TPSA) is 76.1 Å². The summed E-state index contributed by atoms with van der Waals surface area (Å²) in [7, 11) is 1.61. The molecule has 6 nitrogen and oxygen atoms in total. The monoisotopic (exact) mass is 433 g/mol. The number of aliphatic carboxylic acids is 1. The fourth-order valence-electron chi connectivity index (χ4n) is 3.20. The number of carboxylic acids is 1. The van der Waals surface area contributed by atoms with Crippen LogP contribution >= 0.6 is 24.0 Å². The lowest BCUT2D eigenvalue weighted by Crippen LogP contribution is -2.29. The molecule has 1 unspecified atom stereocenters. The van der Waals surface area contributed by atoms with Gasteiger partial charge in [0, 0.05) is 18.5 Å². The van der Waals surface area contributed by atoms with Crippen LogP contribution < -0.4 is 9.47 Å². The lowest BCUT2D eigenvalue weighted by atomic mass is 10.0. The molecule has 8 heteroatoms. The van der Waals surface area contributed by atoms with Gasteiger partial charge < -0.3 is 14.6 Å². The first-order chi connectivity index (χ1) is 13.9. The molecule has 0 saturated carbocycles. The first-order valence-electron chi connectivity index (χ1n) is 9.43. The third-order valence-corrected chi connectivity index (χ3v) is 6.14. The van der Waals surface area contributed by atoms with Crippen LogP contribution in [-0.2, 0) is 9.59 Å². The summed E-state index contributed by atoms with van der Waals surface area (Å²) in [4.78, 5) is 25.5. The van der Waals surface area contributed by atoms with Gasteiger partial charge in [-0.2, -0.15) is 0 Å². The molecule has 0 aromatic heterocycles. The number of carboxylic acid groups (broad SMARTS) is 1. The van der Waals surface area contributed by atoms with E-state index in [1.165, 1.54) is 11.8 Å². The van der Waals surface area contributed by atoms with Crippen LogP contribution in [0.15, 0.2) is 34.8 Å². The van der Waals surface area contributed by atoms with Gasteiger partial charge in [-0.15, -0.1) is 0 Å². The molecule has 154 valence electrons. The molecule has 2 aliphatic rings. The van der Waals surface area contributed by atoms with Crippen LogP contribution in [0, 0.1) is 0 Å². The Hall–Kier alpha value is -2.32. The maximum Gasteiger partial charge on any atom is 0.303 e. The highest BCUT2D eigenvalue weighted by molar-refractivity contribution is 8.26. The first kappa shape index (κ1) is 21.4. The highest BCUT2D eigenvalue weighted by Crippen LogP contribution is 2.39. The van der Waals surface area contributed by atoms with E-state index in [-0.39, 0.29) is 18.4 Å². The molecule has 3 rings (SSSR count). The number of thioether (sulfide) groups is 1. The number of hydrogen-bond donors (Lipinski definition) is 1. The van der Waals surface area contributed by atoms with Crippen LogP contribution in [0.2, 0.25) is 0 Å². The maximum absolute atomic E-state index is 12.8. The van der Waals surface area contributed by atoms with Crippen molar-refractivity contribution >= 4 is 46.3 Å². The van der Waals surface area contributed by atoms with E-state index in [2.05, 4.69) is 0 Å². The predicted octanol–water partition coefficient (Wildman–Crippen LogP) is 4.25. The largest absolute Gasteiger partial charge is 0.493 e. The average molecular weight is 434 g/mol. The molecule has 1 saturated heterocycles. The number of methoxy groups -OCH3 is 1. The zero-order valence-electron chi connectivity index (χ0n) is 16.3. The molecular formula is C21H23NO5S2. The van der Waals surface area contributed by atoms with Gasteiger partial charge in [-0.3, -0.25) is 14.5 Å². The van der Waals surface area contributed by atoms with Crippen molar-refractivity contribution in [2.75, 3.05) is 13.7 Å². The van der Waals surface area contributed by atoms with E-state index in [1.54, 1.807) is 12.0 Å². The molecule has 29 heavy (non-hydrogen) atoms. The van der Waals surface area contributed by atoms with E-state index in [0.717, 1.165) is 24.0 Å². The highest BCUT2D eigenvalue weighted by atomic mass is 32.2. The fourth-order valence-corrected chi connectivity index (χ4v) is 4.51. The molecule has 1 aromatic carbocycles. The van der Waals surface area contributed by atoms with Crippen molar-refractivity contribution in [1.82, 2.24) is 4.90 Å². The maximum atomic E-state index is 12.8.